The van der Waals surface area contributed by atoms with Crippen molar-refractivity contribution in [3.05, 3.63) is 11.6 Å². The number of hydrogen-bond acceptors (Lipinski definition) is 1. The zero-order valence-electron chi connectivity index (χ0n) is 19.5. The van der Waals surface area contributed by atoms with Gasteiger partial charge in [-0.05, 0) is 84.9 Å². The van der Waals surface area contributed by atoms with Gasteiger partial charge in [-0.15, -0.1) is 0 Å². The number of rotatable bonds is 5. The number of Topliss-reactive ketones (excluding diaryl/α,β-unsaturated/α-hetero) is 1. The van der Waals surface area contributed by atoms with Crippen LogP contribution >= 0.6 is 15.9 Å². The van der Waals surface area contributed by atoms with Crippen molar-refractivity contribution < 1.29 is 4.79 Å². The molecule has 0 radical (unpaired) electrons. The third-order valence-corrected chi connectivity index (χ3v) is 11.0. The fourth-order valence-corrected chi connectivity index (χ4v) is 9.03. The van der Waals surface area contributed by atoms with Gasteiger partial charge in [-0.1, -0.05) is 81.5 Å². The van der Waals surface area contributed by atoms with Crippen LogP contribution in [-0.2, 0) is 4.79 Å². The molecule has 4 aliphatic rings. The third-order valence-electron chi connectivity index (χ3n) is 10.1. The molecule has 3 saturated carbocycles. The average Bonchev–Trinajstić information content (AvgIpc) is 3.00. The van der Waals surface area contributed by atoms with E-state index in [1.54, 1.807) is 5.57 Å². The Morgan fingerprint density at radius 3 is 2.59 bits per heavy atom. The normalized spacial score (nSPS) is 45.4. The summed E-state index contributed by atoms with van der Waals surface area (Å²) < 4.78 is 0. The van der Waals surface area contributed by atoms with E-state index in [4.69, 9.17) is 0 Å². The van der Waals surface area contributed by atoms with Gasteiger partial charge in [-0.2, -0.15) is 0 Å². The molecule has 0 aromatic rings. The van der Waals surface area contributed by atoms with E-state index in [-0.39, 0.29) is 10.2 Å². The molecule has 2 heteroatoms. The van der Waals surface area contributed by atoms with Crippen molar-refractivity contribution in [1.82, 2.24) is 0 Å². The molecule has 0 bridgehead atoms. The number of hydrogen-bond donors (Lipinski definition) is 0. The van der Waals surface area contributed by atoms with Crippen molar-refractivity contribution >= 4 is 21.7 Å². The Hall–Kier alpha value is -0.110. The number of fused-ring (bicyclic) bond motifs is 5. The molecule has 3 fully saturated rings. The SMILES string of the molecule is CC(C)CCC[C@H](C)[C@H]1CC[C@H]2[C@@H]3CC=C4C[C@H](Br)C(=O)C[C@]4(C)[C@H]3CC[C@]12C. The molecule has 0 spiro atoms. The Balaban J connectivity index is 1.51. The summed E-state index contributed by atoms with van der Waals surface area (Å²) in [5, 5.41) is 0. The monoisotopic (exact) mass is 462 g/mol. The topological polar surface area (TPSA) is 17.1 Å². The van der Waals surface area contributed by atoms with E-state index in [0.29, 0.717) is 11.2 Å². The molecule has 4 aliphatic carbocycles. The van der Waals surface area contributed by atoms with Crippen LogP contribution in [0.4, 0.5) is 0 Å². The van der Waals surface area contributed by atoms with Crippen LogP contribution in [0.2, 0.25) is 0 Å². The highest BCUT2D eigenvalue weighted by molar-refractivity contribution is 9.10. The predicted molar refractivity (Wildman–Crippen MR) is 126 cm³/mol. The lowest BCUT2D eigenvalue weighted by Crippen LogP contribution is -2.52. The van der Waals surface area contributed by atoms with Gasteiger partial charge in [0.25, 0.3) is 0 Å². The van der Waals surface area contributed by atoms with Crippen molar-refractivity contribution in [3.63, 3.8) is 0 Å². The number of ketones is 1. The summed E-state index contributed by atoms with van der Waals surface area (Å²) in [6.07, 6.45) is 15.4. The molecule has 1 nitrogen and oxygen atoms in total. The van der Waals surface area contributed by atoms with E-state index in [1.807, 2.05) is 0 Å². The van der Waals surface area contributed by atoms with Crippen LogP contribution < -0.4 is 0 Å². The Labute approximate surface area is 188 Å². The minimum atomic E-state index is 0.0646. The molecular weight excluding hydrogens is 420 g/mol. The van der Waals surface area contributed by atoms with Crippen LogP contribution in [0.3, 0.4) is 0 Å². The van der Waals surface area contributed by atoms with Crippen molar-refractivity contribution in [2.75, 3.05) is 0 Å². The minimum absolute atomic E-state index is 0.0646. The van der Waals surface area contributed by atoms with Crippen LogP contribution in [0.5, 0.6) is 0 Å². The number of halogens is 1. The zero-order valence-corrected chi connectivity index (χ0v) is 21.1. The highest BCUT2D eigenvalue weighted by Crippen LogP contribution is 2.67. The summed E-state index contributed by atoms with van der Waals surface area (Å²) in [6.45, 7) is 12.4. The van der Waals surface area contributed by atoms with Crippen molar-refractivity contribution in [2.24, 2.45) is 46.3 Å². The van der Waals surface area contributed by atoms with Gasteiger partial charge < -0.3 is 0 Å². The molecule has 0 aliphatic heterocycles. The molecule has 0 aromatic heterocycles. The molecule has 0 saturated heterocycles. The summed E-state index contributed by atoms with van der Waals surface area (Å²) in [7, 11) is 0. The highest BCUT2D eigenvalue weighted by Gasteiger charge is 2.59. The van der Waals surface area contributed by atoms with Gasteiger partial charge in [0.15, 0.2) is 0 Å². The second-order valence-electron chi connectivity index (χ2n) is 12.1. The van der Waals surface area contributed by atoms with Crippen molar-refractivity contribution in [2.45, 2.75) is 104 Å². The second-order valence-corrected chi connectivity index (χ2v) is 13.2. The summed E-state index contributed by atoms with van der Waals surface area (Å²) in [4.78, 5) is 12.7. The van der Waals surface area contributed by atoms with Gasteiger partial charge in [-0.3, -0.25) is 4.79 Å². The molecule has 0 heterocycles. The van der Waals surface area contributed by atoms with E-state index in [0.717, 1.165) is 48.3 Å². The van der Waals surface area contributed by atoms with Gasteiger partial charge in [0, 0.05) is 6.42 Å². The molecule has 0 amide bonds. The first-order chi connectivity index (χ1) is 13.7. The van der Waals surface area contributed by atoms with Gasteiger partial charge >= 0.3 is 0 Å². The lowest BCUT2D eigenvalue weighted by Gasteiger charge is -2.58. The van der Waals surface area contributed by atoms with Gasteiger partial charge in [0.2, 0.25) is 0 Å². The van der Waals surface area contributed by atoms with Crippen LogP contribution in [0.15, 0.2) is 11.6 Å². The third kappa shape index (κ3) is 3.72. The number of carbonyl (C=O) groups excluding carboxylic acids is 1. The van der Waals surface area contributed by atoms with E-state index in [2.05, 4.69) is 56.6 Å². The fourth-order valence-electron chi connectivity index (χ4n) is 8.52. The maximum Gasteiger partial charge on any atom is 0.147 e. The first-order valence-corrected chi connectivity index (χ1v) is 13.4. The average molecular weight is 464 g/mol. The van der Waals surface area contributed by atoms with Crippen LogP contribution in [-0.4, -0.2) is 10.6 Å². The van der Waals surface area contributed by atoms with Crippen molar-refractivity contribution in [3.8, 4) is 0 Å². The molecule has 0 aromatic carbocycles. The molecule has 29 heavy (non-hydrogen) atoms. The maximum atomic E-state index is 12.6. The number of allylic oxidation sites excluding steroid dienone is 2. The zero-order chi connectivity index (χ0) is 21.0. The predicted octanol–water partition coefficient (Wildman–Crippen LogP) is 7.97. The highest BCUT2D eigenvalue weighted by atomic mass is 79.9. The molecule has 0 N–H and O–H groups in total. The van der Waals surface area contributed by atoms with Crippen LogP contribution in [0, 0.1) is 46.3 Å². The molecule has 164 valence electrons. The summed E-state index contributed by atoms with van der Waals surface area (Å²) in [5.74, 6) is 5.50. The first-order valence-electron chi connectivity index (χ1n) is 12.5. The quantitative estimate of drug-likeness (QED) is 0.298. The number of alkyl halides is 1. The Kier molecular flexibility index (Phi) is 6.17. The Morgan fingerprint density at radius 2 is 1.86 bits per heavy atom. The smallest absolute Gasteiger partial charge is 0.147 e. The lowest BCUT2D eigenvalue weighted by atomic mass is 9.47. The van der Waals surface area contributed by atoms with Crippen molar-refractivity contribution in [1.29, 1.82) is 0 Å². The molecular formula is C27H43BrO. The van der Waals surface area contributed by atoms with Gasteiger partial charge in [-0.25, -0.2) is 0 Å². The lowest BCUT2D eigenvalue weighted by molar-refractivity contribution is -0.124. The maximum absolute atomic E-state index is 12.6. The summed E-state index contributed by atoms with van der Waals surface area (Å²) >= 11 is 3.64. The summed E-state index contributed by atoms with van der Waals surface area (Å²) in [6, 6.07) is 0. The standard InChI is InChI=1S/C27H43BrO/c1-17(2)7-6-8-18(3)21-11-12-22-20-10-9-19-15-24(28)25(29)16-27(19,5)23(20)13-14-26(21,22)4/h9,17-18,20-24H,6-8,10-16H2,1-5H3/t18-,20-,21+,22-,23-,24-,26+,27-/m0/s1. The minimum Gasteiger partial charge on any atom is -0.298 e. The Bertz CT molecular complexity index is 665. The van der Waals surface area contributed by atoms with E-state index >= 15 is 0 Å². The van der Waals surface area contributed by atoms with E-state index in [9.17, 15) is 4.79 Å². The summed E-state index contributed by atoms with van der Waals surface area (Å²) in [5.41, 5.74) is 2.28. The molecule has 0 unspecified atom stereocenters. The first kappa shape index (κ1) is 22.1. The molecule has 8 atom stereocenters. The molecule has 4 rings (SSSR count). The van der Waals surface area contributed by atoms with E-state index < -0.39 is 0 Å². The Morgan fingerprint density at radius 1 is 1.10 bits per heavy atom. The van der Waals surface area contributed by atoms with Gasteiger partial charge in [0.05, 0.1) is 4.83 Å². The largest absolute Gasteiger partial charge is 0.298 e. The van der Waals surface area contributed by atoms with E-state index in [1.165, 1.54) is 51.4 Å². The number of carbonyl (C=O) groups is 1. The fraction of sp³-hybridized carbons (Fsp3) is 0.889. The van der Waals surface area contributed by atoms with Gasteiger partial charge in [0.1, 0.15) is 5.78 Å². The van der Waals surface area contributed by atoms with Crippen LogP contribution in [0.1, 0.15) is 98.8 Å². The van der Waals surface area contributed by atoms with Crippen LogP contribution in [0.25, 0.3) is 0 Å². The second kappa shape index (κ2) is 8.10.